The fourth-order valence-electron chi connectivity index (χ4n) is 1.76. The van der Waals surface area contributed by atoms with Crippen LogP contribution < -0.4 is 5.32 Å². The zero-order valence-corrected chi connectivity index (χ0v) is 12.8. The molecule has 0 spiro atoms. The maximum Gasteiger partial charge on any atom is 0.0485 e. The van der Waals surface area contributed by atoms with Gasteiger partial charge in [0.15, 0.2) is 0 Å². The summed E-state index contributed by atoms with van der Waals surface area (Å²) in [4.78, 5) is 0. The Labute approximate surface area is 114 Å². The molecule has 0 aliphatic carbocycles. The van der Waals surface area contributed by atoms with Gasteiger partial charge in [-0.3, -0.25) is 4.21 Å². The SMILES string of the molecule is Cc1cccc(CS(=O)CCCNC(C)(C)C)c1. The minimum atomic E-state index is -0.748. The van der Waals surface area contributed by atoms with E-state index in [4.69, 9.17) is 0 Å². The molecular formula is C15H25NOS. The van der Waals surface area contributed by atoms with E-state index in [9.17, 15) is 4.21 Å². The maximum atomic E-state index is 11.9. The van der Waals surface area contributed by atoms with Crippen LogP contribution in [-0.2, 0) is 16.6 Å². The lowest BCUT2D eigenvalue weighted by atomic mass is 10.1. The van der Waals surface area contributed by atoms with Crippen LogP contribution in [0.15, 0.2) is 24.3 Å². The highest BCUT2D eigenvalue weighted by atomic mass is 32.2. The van der Waals surface area contributed by atoms with Crippen LogP contribution in [0.2, 0.25) is 0 Å². The Balaban J connectivity index is 2.26. The average Bonchev–Trinajstić information content (AvgIpc) is 2.23. The molecule has 0 saturated heterocycles. The number of rotatable bonds is 6. The molecule has 0 aromatic heterocycles. The summed E-state index contributed by atoms with van der Waals surface area (Å²) in [6, 6.07) is 8.27. The first-order valence-electron chi connectivity index (χ1n) is 6.52. The number of hydrogen-bond donors (Lipinski definition) is 1. The minimum Gasteiger partial charge on any atom is -0.312 e. The highest BCUT2D eigenvalue weighted by Crippen LogP contribution is 2.07. The third kappa shape index (κ3) is 6.92. The van der Waals surface area contributed by atoms with Crippen molar-refractivity contribution < 1.29 is 4.21 Å². The molecule has 0 bridgehead atoms. The van der Waals surface area contributed by atoms with Gasteiger partial charge in [0.05, 0.1) is 0 Å². The molecule has 18 heavy (non-hydrogen) atoms. The lowest BCUT2D eigenvalue weighted by Crippen LogP contribution is -2.36. The molecule has 3 heteroatoms. The summed E-state index contributed by atoms with van der Waals surface area (Å²) in [5, 5.41) is 3.42. The molecular weight excluding hydrogens is 242 g/mol. The van der Waals surface area contributed by atoms with Crippen molar-refractivity contribution in [3.63, 3.8) is 0 Å². The van der Waals surface area contributed by atoms with E-state index in [1.165, 1.54) is 11.1 Å². The number of benzene rings is 1. The Morgan fingerprint density at radius 1 is 1.28 bits per heavy atom. The van der Waals surface area contributed by atoms with Gasteiger partial charge in [0, 0.05) is 27.8 Å². The van der Waals surface area contributed by atoms with Crippen LogP contribution in [0, 0.1) is 6.92 Å². The van der Waals surface area contributed by atoms with Crippen molar-refractivity contribution in [3.8, 4) is 0 Å². The lowest BCUT2D eigenvalue weighted by Gasteiger charge is -2.20. The molecule has 1 rings (SSSR count). The van der Waals surface area contributed by atoms with Crippen LogP contribution in [0.25, 0.3) is 0 Å². The molecule has 0 heterocycles. The summed E-state index contributed by atoms with van der Waals surface area (Å²) < 4.78 is 11.9. The molecule has 1 atom stereocenters. The van der Waals surface area contributed by atoms with Gasteiger partial charge in [-0.25, -0.2) is 0 Å². The van der Waals surface area contributed by atoms with Gasteiger partial charge in [-0.1, -0.05) is 29.8 Å². The highest BCUT2D eigenvalue weighted by molar-refractivity contribution is 7.84. The topological polar surface area (TPSA) is 29.1 Å². The summed E-state index contributed by atoms with van der Waals surface area (Å²) in [5.41, 5.74) is 2.56. The summed E-state index contributed by atoms with van der Waals surface area (Å²) >= 11 is 0. The summed E-state index contributed by atoms with van der Waals surface area (Å²) in [7, 11) is -0.748. The third-order valence-electron chi connectivity index (χ3n) is 2.61. The van der Waals surface area contributed by atoms with Crippen molar-refractivity contribution in [3.05, 3.63) is 35.4 Å². The molecule has 0 saturated carbocycles. The number of aryl methyl sites for hydroxylation is 1. The van der Waals surface area contributed by atoms with Gasteiger partial charge < -0.3 is 5.32 Å². The molecule has 1 N–H and O–H groups in total. The quantitative estimate of drug-likeness (QED) is 0.803. The van der Waals surface area contributed by atoms with Crippen molar-refractivity contribution >= 4 is 10.8 Å². The van der Waals surface area contributed by atoms with Crippen LogP contribution in [0.4, 0.5) is 0 Å². The van der Waals surface area contributed by atoms with E-state index in [0.717, 1.165) is 18.7 Å². The van der Waals surface area contributed by atoms with Crippen LogP contribution in [0.3, 0.4) is 0 Å². The molecule has 1 aromatic carbocycles. The molecule has 2 nitrogen and oxygen atoms in total. The second-order valence-electron chi connectivity index (χ2n) is 5.81. The van der Waals surface area contributed by atoms with E-state index in [2.05, 4.69) is 51.2 Å². The number of hydrogen-bond acceptors (Lipinski definition) is 2. The highest BCUT2D eigenvalue weighted by Gasteiger charge is 2.08. The van der Waals surface area contributed by atoms with Gasteiger partial charge in [-0.15, -0.1) is 0 Å². The molecule has 0 amide bonds. The molecule has 1 aromatic rings. The summed E-state index contributed by atoms with van der Waals surface area (Å²) in [5.74, 6) is 1.45. The van der Waals surface area contributed by atoms with Crippen molar-refractivity contribution in [2.45, 2.75) is 45.4 Å². The predicted octanol–water partition coefficient (Wildman–Crippen LogP) is 3.02. The van der Waals surface area contributed by atoms with E-state index in [-0.39, 0.29) is 5.54 Å². The van der Waals surface area contributed by atoms with Crippen molar-refractivity contribution in [1.29, 1.82) is 0 Å². The Hall–Kier alpha value is -0.670. The van der Waals surface area contributed by atoms with Gasteiger partial charge in [0.1, 0.15) is 0 Å². The van der Waals surface area contributed by atoms with Gasteiger partial charge in [0.2, 0.25) is 0 Å². The van der Waals surface area contributed by atoms with Crippen LogP contribution in [0.1, 0.15) is 38.3 Å². The second kappa shape index (κ2) is 7.05. The number of nitrogens with one attached hydrogen (secondary N) is 1. The van der Waals surface area contributed by atoms with Gasteiger partial charge in [0.25, 0.3) is 0 Å². The molecule has 102 valence electrons. The maximum absolute atomic E-state index is 11.9. The molecule has 0 aliphatic rings. The fraction of sp³-hybridized carbons (Fsp3) is 0.600. The Morgan fingerprint density at radius 2 is 2.00 bits per heavy atom. The minimum absolute atomic E-state index is 0.151. The lowest BCUT2D eigenvalue weighted by molar-refractivity contribution is 0.427. The van der Waals surface area contributed by atoms with Crippen LogP contribution >= 0.6 is 0 Å². The fourth-order valence-corrected chi connectivity index (χ4v) is 2.92. The zero-order chi connectivity index (χ0) is 13.6. The van der Waals surface area contributed by atoms with Gasteiger partial charge in [-0.2, -0.15) is 0 Å². The standard InChI is InChI=1S/C15H25NOS/c1-13-7-5-8-14(11-13)12-18(17)10-6-9-16-15(2,3)4/h5,7-8,11,16H,6,9-10,12H2,1-4H3. The van der Waals surface area contributed by atoms with Crippen LogP contribution in [0.5, 0.6) is 0 Å². The largest absolute Gasteiger partial charge is 0.312 e. The first-order chi connectivity index (χ1) is 8.37. The average molecular weight is 267 g/mol. The van der Waals surface area contributed by atoms with Gasteiger partial charge in [-0.05, 0) is 46.2 Å². The van der Waals surface area contributed by atoms with Gasteiger partial charge >= 0.3 is 0 Å². The normalized spacial score (nSPS) is 13.6. The first kappa shape index (κ1) is 15.4. The van der Waals surface area contributed by atoms with E-state index in [1.807, 2.05) is 6.07 Å². The summed E-state index contributed by atoms with van der Waals surface area (Å²) in [6.07, 6.45) is 0.968. The molecule has 0 aliphatic heterocycles. The van der Waals surface area contributed by atoms with E-state index in [1.54, 1.807) is 0 Å². The first-order valence-corrected chi connectivity index (χ1v) is 8.01. The van der Waals surface area contributed by atoms with E-state index >= 15 is 0 Å². The van der Waals surface area contributed by atoms with E-state index in [0.29, 0.717) is 5.75 Å². The second-order valence-corrected chi connectivity index (χ2v) is 7.38. The molecule has 0 fully saturated rings. The third-order valence-corrected chi connectivity index (χ3v) is 4.01. The smallest absolute Gasteiger partial charge is 0.0485 e. The summed E-state index contributed by atoms with van der Waals surface area (Å²) in [6.45, 7) is 9.45. The molecule has 0 radical (unpaired) electrons. The Kier molecular flexibility index (Phi) is 6.03. The van der Waals surface area contributed by atoms with Crippen molar-refractivity contribution in [2.75, 3.05) is 12.3 Å². The predicted molar refractivity (Wildman–Crippen MR) is 80.3 cm³/mol. The van der Waals surface area contributed by atoms with E-state index < -0.39 is 10.8 Å². The van der Waals surface area contributed by atoms with Crippen LogP contribution in [-0.4, -0.2) is 22.0 Å². The monoisotopic (exact) mass is 267 g/mol. The Morgan fingerprint density at radius 3 is 2.61 bits per heavy atom. The zero-order valence-electron chi connectivity index (χ0n) is 12.0. The van der Waals surface area contributed by atoms with Crippen molar-refractivity contribution in [1.82, 2.24) is 5.32 Å². The Bertz CT molecular complexity index is 396. The molecule has 1 unspecified atom stereocenters. The van der Waals surface area contributed by atoms with Crippen molar-refractivity contribution in [2.24, 2.45) is 0 Å².